The number of nitrogens with zero attached hydrogens (tertiary/aromatic N) is 1. The Morgan fingerprint density at radius 1 is 1.21 bits per heavy atom. The van der Waals surface area contributed by atoms with Crippen LogP contribution in [-0.2, 0) is 4.79 Å². The van der Waals surface area contributed by atoms with E-state index in [9.17, 15) is 14.9 Å². The number of hydrogen-bond donors (Lipinski definition) is 1. The molecule has 2 aromatic carbocycles. The van der Waals surface area contributed by atoms with Gasteiger partial charge in [-0.3, -0.25) is 14.9 Å². The van der Waals surface area contributed by atoms with Crippen molar-refractivity contribution >= 4 is 40.5 Å². The molecule has 6 nitrogen and oxygen atoms in total. The van der Waals surface area contributed by atoms with E-state index in [-0.39, 0.29) is 16.4 Å². The highest BCUT2D eigenvalue weighted by Gasteiger charge is 2.18. The largest absolute Gasteiger partial charge is 0.481 e. The second kappa shape index (κ2) is 7.51. The molecular formula is C16H14Cl2N2O4. The van der Waals surface area contributed by atoms with Gasteiger partial charge in [0.05, 0.1) is 15.6 Å². The van der Waals surface area contributed by atoms with Crippen molar-refractivity contribution in [3.8, 4) is 5.75 Å². The molecule has 0 heterocycles. The lowest BCUT2D eigenvalue weighted by Gasteiger charge is -2.16. The number of anilines is 1. The predicted octanol–water partition coefficient (Wildman–Crippen LogP) is 4.62. The minimum atomic E-state index is -0.832. The van der Waals surface area contributed by atoms with Crippen LogP contribution in [0.2, 0.25) is 10.0 Å². The highest BCUT2D eigenvalue weighted by Crippen LogP contribution is 2.27. The van der Waals surface area contributed by atoms with Crippen LogP contribution in [0.25, 0.3) is 0 Å². The van der Waals surface area contributed by atoms with Crippen LogP contribution in [0.5, 0.6) is 5.75 Å². The van der Waals surface area contributed by atoms with Crippen LogP contribution < -0.4 is 10.1 Å². The van der Waals surface area contributed by atoms with Gasteiger partial charge in [-0.05, 0) is 43.7 Å². The normalized spacial score (nSPS) is 11.7. The average molecular weight is 369 g/mol. The summed E-state index contributed by atoms with van der Waals surface area (Å²) in [6.45, 7) is 3.38. The van der Waals surface area contributed by atoms with E-state index in [4.69, 9.17) is 27.9 Å². The number of carbonyl (C=O) groups excluding carboxylic acids is 1. The van der Waals surface area contributed by atoms with Gasteiger partial charge in [-0.1, -0.05) is 23.2 Å². The van der Waals surface area contributed by atoms with Crippen molar-refractivity contribution in [2.45, 2.75) is 20.0 Å². The number of amides is 1. The van der Waals surface area contributed by atoms with Gasteiger partial charge in [-0.15, -0.1) is 0 Å². The molecule has 126 valence electrons. The topological polar surface area (TPSA) is 81.5 Å². The molecule has 0 aliphatic rings. The van der Waals surface area contributed by atoms with E-state index in [1.54, 1.807) is 25.1 Å². The standard InChI is InChI=1S/C16H14Cl2N2O4/c1-9-7-12(4-6-13(9)17)24-10(2)16(21)19-15-8-11(20(22)23)3-5-14(15)18/h3-8,10H,1-2H3,(H,19,21). The van der Waals surface area contributed by atoms with E-state index < -0.39 is 16.9 Å². The lowest BCUT2D eigenvalue weighted by Crippen LogP contribution is -2.30. The molecule has 0 saturated carbocycles. The van der Waals surface area contributed by atoms with Gasteiger partial charge in [0, 0.05) is 17.2 Å². The van der Waals surface area contributed by atoms with Gasteiger partial charge in [0.1, 0.15) is 5.75 Å². The zero-order valence-corrected chi connectivity index (χ0v) is 14.4. The number of non-ortho nitro benzene ring substituents is 1. The molecule has 1 N–H and O–H groups in total. The van der Waals surface area contributed by atoms with E-state index in [0.717, 1.165) is 5.56 Å². The van der Waals surface area contributed by atoms with Crippen LogP contribution in [0.15, 0.2) is 36.4 Å². The van der Waals surface area contributed by atoms with Crippen LogP contribution in [0.4, 0.5) is 11.4 Å². The molecule has 2 aromatic rings. The Morgan fingerprint density at radius 3 is 2.50 bits per heavy atom. The Bertz CT molecular complexity index is 796. The molecule has 0 aliphatic heterocycles. The van der Waals surface area contributed by atoms with Crippen molar-refractivity contribution in [1.82, 2.24) is 0 Å². The Morgan fingerprint density at radius 2 is 1.88 bits per heavy atom. The predicted molar refractivity (Wildman–Crippen MR) is 93.0 cm³/mol. The average Bonchev–Trinajstić information content (AvgIpc) is 2.52. The number of halogens is 2. The maximum absolute atomic E-state index is 12.2. The fraction of sp³-hybridized carbons (Fsp3) is 0.188. The Labute approximate surface area is 148 Å². The van der Waals surface area contributed by atoms with Crippen LogP contribution in [0, 0.1) is 17.0 Å². The van der Waals surface area contributed by atoms with Gasteiger partial charge in [0.15, 0.2) is 6.10 Å². The summed E-state index contributed by atoms with van der Waals surface area (Å²) in [5.74, 6) is 0.00897. The highest BCUT2D eigenvalue weighted by molar-refractivity contribution is 6.33. The summed E-state index contributed by atoms with van der Waals surface area (Å²) in [5.41, 5.74) is 0.804. The number of carbonyl (C=O) groups is 1. The zero-order chi connectivity index (χ0) is 17.9. The Hall–Kier alpha value is -2.31. The molecule has 2 rings (SSSR count). The van der Waals surface area contributed by atoms with Crippen molar-refractivity contribution in [2.75, 3.05) is 5.32 Å². The number of nitro groups is 1. The molecule has 0 aromatic heterocycles. The minimum absolute atomic E-state index is 0.151. The molecule has 8 heteroatoms. The maximum atomic E-state index is 12.2. The maximum Gasteiger partial charge on any atom is 0.271 e. The molecule has 0 fully saturated rings. The van der Waals surface area contributed by atoms with Gasteiger partial charge < -0.3 is 10.1 Å². The summed E-state index contributed by atoms with van der Waals surface area (Å²) in [6.07, 6.45) is -0.832. The van der Waals surface area contributed by atoms with Crippen LogP contribution in [-0.4, -0.2) is 16.9 Å². The van der Waals surface area contributed by atoms with Crippen molar-refractivity contribution in [1.29, 1.82) is 0 Å². The summed E-state index contributed by atoms with van der Waals surface area (Å²) in [7, 11) is 0. The molecule has 1 atom stereocenters. The number of hydrogen-bond acceptors (Lipinski definition) is 4. The number of rotatable bonds is 5. The van der Waals surface area contributed by atoms with Crippen LogP contribution in [0.1, 0.15) is 12.5 Å². The smallest absolute Gasteiger partial charge is 0.271 e. The fourth-order valence-corrected chi connectivity index (χ4v) is 2.19. The lowest BCUT2D eigenvalue weighted by atomic mass is 10.2. The Kier molecular flexibility index (Phi) is 5.64. The third-order valence-corrected chi connectivity index (χ3v) is 3.98. The van der Waals surface area contributed by atoms with E-state index >= 15 is 0 Å². The third kappa shape index (κ3) is 4.37. The monoisotopic (exact) mass is 368 g/mol. The lowest BCUT2D eigenvalue weighted by molar-refractivity contribution is -0.384. The molecule has 1 unspecified atom stereocenters. The summed E-state index contributed by atoms with van der Waals surface area (Å²) < 4.78 is 5.55. The molecule has 0 radical (unpaired) electrons. The molecule has 0 bridgehead atoms. The first-order chi connectivity index (χ1) is 11.3. The van der Waals surface area contributed by atoms with Gasteiger partial charge >= 0.3 is 0 Å². The fourth-order valence-electron chi connectivity index (χ4n) is 1.91. The zero-order valence-electron chi connectivity index (χ0n) is 12.9. The Balaban J connectivity index is 2.10. The van der Waals surface area contributed by atoms with Crippen LogP contribution in [0.3, 0.4) is 0 Å². The molecule has 0 aliphatic carbocycles. The van der Waals surface area contributed by atoms with Gasteiger partial charge in [0.25, 0.3) is 11.6 Å². The number of benzene rings is 2. The van der Waals surface area contributed by atoms with Gasteiger partial charge in [-0.2, -0.15) is 0 Å². The second-order valence-corrected chi connectivity index (χ2v) is 5.90. The van der Waals surface area contributed by atoms with Crippen molar-refractivity contribution < 1.29 is 14.5 Å². The van der Waals surface area contributed by atoms with Crippen molar-refractivity contribution in [2.24, 2.45) is 0 Å². The minimum Gasteiger partial charge on any atom is -0.481 e. The summed E-state index contributed by atoms with van der Waals surface area (Å²) in [5, 5.41) is 14.1. The molecular weight excluding hydrogens is 355 g/mol. The third-order valence-electron chi connectivity index (χ3n) is 3.23. The first-order valence-electron chi connectivity index (χ1n) is 6.95. The first kappa shape index (κ1) is 18.0. The molecule has 1 amide bonds. The second-order valence-electron chi connectivity index (χ2n) is 5.08. The summed E-state index contributed by atoms with van der Waals surface area (Å²) >= 11 is 11.9. The molecule has 24 heavy (non-hydrogen) atoms. The quantitative estimate of drug-likeness (QED) is 0.616. The number of nitro benzene ring substituents is 1. The van der Waals surface area contributed by atoms with Gasteiger partial charge in [-0.25, -0.2) is 0 Å². The summed E-state index contributed by atoms with van der Waals surface area (Å²) in [4.78, 5) is 22.4. The van der Waals surface area contributed by atoms with Crippen molar-refractivity contribution in [3.05, 3.63) is 62.1 Å². The first-order valence-corrected chi connectivity index (χ1v) is 7.71. The van der Waals surface area contributed by atoms with E-state index in [2.05, 4.69) is 5.32 Å². The SMILES string of the molecule is Cc1cc(OC(C)C(=O)Nc2cc([N+](=O)[O-])ccc2Cl)ccc1Cl. The highest BCUT2D eigenvalue weighted by atomic mass is 35.5. The van der Waals surface area contributed by atoms with Gasteiger partial charge in [0.2, 0.25) is 0 Å². The van der Waals surface area contributed by atoms with E-state index in [1.807, 2.05) is 6.92 Å². The van der Waals surface area contributed by atoms with Crippen molar-refractivity contribution in [3.63, 3.8) is 0 Å². The summed E-state index contributed by atoms with van der Waals surface area (Å²) in [6, 6.07) is 8.84. The van der Waals surface area contributed by atoms with E-state index in [0.29, 0.717) is 10.8 Å². The molecule has 0 saturated heterocycles. The molecule has 0 spiro atoms. The van der Waals surface area contributed by atoms with E-state index in [1.165, 1.54) is 18.2 Å². The number of aryl methyl sites for hydroxylation is 1. The number of nitrogens with one attached hydrogen (secondary N) is 1. The number of ether oxygens (including phenoxy) is 1. The van der Waals surface area contributed by atoms with Crippen LogP contribution >= 0.6 is 23.2 Å².